The maximum Gasteiger partial charge on any atom is 0.241 e. The molecule has 2 fully saturated rings. The van der Waals surface area contributed by atoms with Gasteiger partial charge in [-0.25, -0.2) is 4.39 Å². The predicted molar refractivity (Wildman–Crippen MR) is 92.3 cm³/mol. The number of ether oxygens (including phenoxy) is 1. The number of hydrogen-bond acceptors (Lipinski definition) is 5. The van der Waals surface area contributed by atoms with Gasteiger partial charge in [-0.2, -0.15) is 0 Å². The molecule has 0 bridgehead atoms. The number of halogens is 1. The van der Waals surface area contributed by atoms with Crippen LogP contribution in [-0.2, 0) is 9.53 Å². The van der Waals surface area contributed by atoms with Gasteiger partial charge in [0.15, 0.2) is 0 Å². The molecular formula is C17H33FN4O2. The number of nitrogens with two attached hydrogens (primary N) is 1. The van der Waals surface area contributed by atoms with Crippen LogP contribution in [0.1, 0.15) is 40.0 Å². The molecule has 2 unspecified atom stereocenters. The lowest BCUT2D eigenvalue weighted by atomic mass is 10.0. The van der Waals surface area contributed by atoms with E-state index in [1.54, 1.807) is 4.90 Å². The fraction of sp³-hybridized carbons (Fsp3) is 0.941. The van der Waals surface area contributed by atoms with Crippen LogP contribution < -0.4 is 11.1 Å². The first-order chi connectivity index (χ1) is 11.4. The van der Waals surface area contributed by atoms with Crippen LogP contribution in [0.3, 0.4) is 0 Å². The van der Waals surface area contributed by atoms with Gasteiger partial charge in [-0.3, -0.25) is 9.69 Å². The highest BCUT2D eigenvalue weighted by molar-refractivity contribution is 5.82. The van der Waals surface area contributed by atoms with E-state index in [0.29, 0.717) is 26.1 Å². The quantitative estimate of drug-likeness (QED) is 0.743. The minimum absolute atomic E-state index is 0.00382. The van der Waals surface area contributed by atoms with Gasteiger partial charge < -0.3 is 20.7 Å². The van der Waals surface area contributed by atoms with E-state index in [0.717, 1.165) is 19.4 Å². The van der Waals surface area contributed by atoms with Crippen molar-refractivity contribution in [3.8, 4) is 0 Å². The number of piperidine rings is 1. The predicted octanol–water partition coefficient (Wildman–Crippen LogP) is 0.709. The second-order valence-electron chi connectivity index (χ2n) is 7.19. The molecule has 0 aliphatic carbocycles. The van der Waals surface area contributed by atoms with Crippen LogP contribution in [0.2, 0.25) is 0 Å². The Kier molecular flexibility index (Phi) is 7.40. The zero-order valence-corrected chi connectivity index (χ0v) is 15.2. The minimum atomic E-state index is -1.12. The van der Waals surface area contributed by atoms with E-state index < -0.39 is 12.3 Å². The highest BCUT2D eigenvalue weighted by Gasteiger charge is 2.37. The summed E-state index contributed by atoms with van der Waals surface area (Å²) in [5.74, 6) is -0.0194. The molecule has 0 radical (unpaired) electrons. The van der Waals surface area contributed by atoms with Gasteiger partial charge in [0.25, 0.3) is 0 Å². The molecule has 0 aromatic heterocycles. The molecule has 3 N–H and O–H groups in total. The molecule has 7 heteroatoms. The Balaban J connectivity index is 1.87. The van der Waals surface area contributed by atoms with Crippen molar-refractivity contribution in [3.63, 3.8) is 0 Å². The number of carbonyl (C=O) groups excluding carboxylic acids is 1. The third-order valence-corrected chi connectivity index (χ3v) is 4.80. The lowest BCUT2D eigenvalue weighted by molar-refractivity contribution is -0.142. The number of piperazine rings is 1. The summed E-state index contributed by atoms with van der Waals surface area (Å²) >= 11 is 0. The number of alkyl halides is 1. The van der Waals surface area contributed by atoms with E-state index >= 15 is 0 Å². The minimum Gasteiger partial charge on any atom is -0.372 e. The van der Waals surface area contributed by atoms with Crippen LogP contribution in [-0.4, -0.2) is 79.0 Å². The summed E-state index contributed by atoms with van der Waals surface area (Å²) in [4.78, 5) is 16.5. The van der Waals surface area contributed by atoms with Crippen molar-refractivity contribution in [1.82, 2.24) is 15.1 Å². The van der Waals surface area contributed by atoms with Crippen LogP contribution in [0, 0.1) is 0 Å². The first-order valence-corrected chi connectivity index (χ1v) is 9.23. The molecule has 2 heterocycles. The van der Waals surface area contributed by atoms with Crippen molar-refractivity contribution < 1.29 is 13.9 Å². The second-order valence-corrected chi connectivity index (χ2v) is 7.19. The Morgan fingerprint density at radius 3 is 2.79 bits per heavy atom. The lowest BCUT2D eigenvalue weighted by Gasteiger charge is -2.41. The van der Waals surface area contributed by atoms with Crippen LogP contribution in [0.15, 0.2) is 0 Å². The molecule has 0 aromatic rings. The Labute approximate surface area is 144 Å². The summed E-state index contributed by atoms with van der Waals surface area (Å²) in [6.07, 6.45) is 1.15. The average Bonchev–Trinajstić information content (AvgIpc) is 2.55. The van der Waals surface area contributed by atoms with Crippen molar-refractivity contribution in [1.29, 1.82) is 0 Å². The van der Waals surface area contributed by atoms with Crippen LogP contribution in [0.5, 0.6) is 0 Å². The van der Waals surface area contributed by atoms with E-state index in [-0.39, 0.29) is 30.8 Å². The van der Waals surface area contributed by atoms with Crippen molar-refractivity contribution in [2.45, 2.75) is 70.6 Å². The Morgan fingerprint density at radius 1 is 1.42 bits per heavy atom. The summed E-state index contributed by atoms with van der Waals surface area (Å²) in [6, 6.07) is -0.295. The van der Waals surface area contributed by atoms with Gasteiger partial charge in [0, 0.05) is 19.6 Å². The molecule has 0 saturated carbocycles. The van der Waals surface area contributed by atoms with Gasteiger partial charge in [0.1, 0.15) is 6.17 Å². The molecule has 2 aliphatic heterocycles. The number of rotatable bonds is 6. The largest absolute Gasteiger partial charge is 0.372 e. The molecule has 0 aromatic carbocycles. The number of unbranched alkanes of at least 4 members (excludes halogenated alkanes) is 1. The molecular weight excluding hydrogens is 311 g/mol. The number of hydrogen-bond donors (Lipinski definition) is 2. The van der Waals surface area contributed by atoms with Gasteiger partial charge in [-0.15, -0.1) is 0 Å². The number of nitrogens with one attached hydrogen (secondary N) is 1. The molecule has 2 rings (SSSR count). The molecule has 2 aliphatic rings. The van der Waals surface area contributed by atoms with Crippen molar-refractivity contribution >= 4 is 5.91 Å². The fourth-order valence-corrected chi connectivity index (χ4v) is 3.42. The first-order valence-electron chi connectivity index (χ1n) is 9.23. The molecule has 140 valence electrons. The molecule has 2 saturated heterocycles. The van der Waals surface area contributed by atoms with Crippen molar-refractivity contribution in [3.05, 3.63) is 0 Å². The molecule has 4 atom stereocenters. The van der Waals surface area contributed by atoms with E-state index in [1.165, 1.54) is 0 Å². The van der Waals surface area contributed by atoms with Gasteiger partial charge in [0.05, 0.1) is 31.0 Å². The SMILES string of the molecule is CCCCN1CC(C(=O)N2CC[C@H](OC(C)C)[C@H](F)C2)NCC1N. The number of amides is 1. The van der Waals surface area contributed by atoms with E-state index in [4.69, 9.17) is 10.5 Å². The molecule has 0 spiro atoms. The highest BCUT2D eigenvalue weighted by Crippen LogP contribution is 2.20. The number of carbonyl (C=O) groups is 1. The monoisotopic (exact) mass is 344 g/mol. The van der Waals surface area contributed by atoms with Gasteiger partial charge in [-0.05, 0) is 33.2 Å². The summed E-state index contributed by atoms with van der Waals surface area (Å²) in [5, 5.41) is 3.22. The normalized spacial score (nSPS) is 32.3. The average molecular weight is 344 g/mol. The first kappa shape index (κ1) is 19.6. The van der Waals surface area contributed by atoms with Crippen LogP contribution in [0.25, 0.3) is 0 Å². The van der Waals surface area contributed by atoms with E-state index in [1.807, 2.05) is 13.8 Å². The standard InChI is InChI=1S/C17H33FN4O2/c1-4-5-7-21-11-14(20-9-16(21)19)17(23)22-8-6-15(13(18)10-22)24-12(2)3/h12-16,20H,4-11,19H2,1-3H3/t13-,14?,15+,16?/m1/s1. The number of nitrogens with zero attached hydrogens (tertiary/aromatic N) is 2. The maximum absolute atomic E-state index is 14.3. The number of likely N-dealkylation sites (tertiary alicyclic amines) is 1. The zero-order valence-electron chi connectivity index (χ0n) is 15.2. The Hall–Kier alpha value is -0.760. The third kappa shape index (κ3) is 5.12. The van der Waals surface area contributed by atoms with E-state index in [9.17, 15) is 9.18 Å². The highest BCUT2D eigenvalue weighted by atomic mass is 19.1. The topological polar surface area (TPSA) is 70.8 Å². The molecule has 1 amide bonds. The lowest BCUT2D eigenvalue weighted by Crippen LogP contribution is -2.65. The van der Waals surface area contributed by atoms with Crippen molar-refractivity contribution in [2.75, 3.05) is 32.7 Å². The van der Waals surface area contributed by atoms with Crippen molar-refractivity contribution in [2.24, 2.45) is 5.73 Å². The van der Waals surface area contributed by atoms with Gasteiger partial charge in [-0.1, -0.05) is 13.3 Å². The summed E-state index contributed by atoms with van der Waals surface area (Å²) in [6.45, 7) is 8.71. The zero-order chi connectivity index (χ0) is 17.7. The summed E-state index contributed by atoms with van der Waals surface area (Å²) in [7, 11) is 0. The summed E-state index contributed by atoms with van der Waals surface area (Å²) in [5.41, 5.74) is 6.11. The summed E-state index contributed by atoms with van der Waals surface area (Å²) < 4.78 is 19.9. The van der Waals surface area contributed by atoms with E-state index in [2.05, 4.69) is 17.1 Å². The van der Waals surface area contributed by atoms with Crippen LogP contribution >= 0.6 is 0 Å². The Bertz CT molecular complexity index is 410. The molecule has 6 nitrogen and oxygen atoms in total. The fourth-order valence-electron chi connectivity index (χ4n) is 3.42. The maximum atomic E-state index is 14.3. The smallest absolute Gasteiger partial charge is 0.241 e. The second kappa shape index (κ2) is 9.08. The van der Waals surface area contributed by atoms with Gasteiger partial charge in [0.2, 0.25) is 5.91 Å². The third-order valence-electron chi connectivity index (χ3n) is 4.80. The van der Waals surface area contributed by atoms with Crippen LogP contribution in [0.4, 0.5) is 4.39 Å². The molecule has 24 heavy (non-hydrogen) atoms. The van der Waals surface area contributed by atoms with Gasteiger partial charge >= 0.3 is 0 Å². The Morgan fingerprint density at radius 2 is 2.17 bits per heavy atom.